The number of H-pyrrole nitrogens is 1. The van der Waals surface area contributed by atoms with Crippen LogP contribution in [-0.4, -0.2) is 30.1 Å². The first kappa shape index (κ1) is 19.4. The third-order valence-corrected chi connectivity index (χ3v) is 3.67. The summed E-state index contributed by atoms with van der Waals surface area (Å²) in [5.74, 6) is -1.32. The van der Waals surface area contributed by atoms with E-state index in [1.807, 2.05) is 0 Å². The standard InChI is InChI=1S/C18H19F2NO5/c1-4-24-16(22)14-10(2)15(21-11(14)3)17(23)25-9-12-7-5-6-8-13(12)26-18(19)20/h5-8,18,21H,4,9H2,1-3H3. The Kier molecular flexibility index (Phi) is 6.32. The smallest absolute Gasteiger partial charge is 0.387 e. The lowest BCUT2D eigenvalue weighted by Crippen LogP contribution is -2.10. The molecule has 1 aromatic heterocycles. The highest BCUT2D eigenvalue weighted by Crippen LogP contribution is 2.23. The lowest BCUT2D eigenvalue weighted by Gasteiger charge is -2.11. The lowest BCUT2D eigenvalue weighted by atomic mass is 10.1. The number of rotatable bonds is 7. The third kappa shape index (κ3) is 4.38. The number of nitrogens with one attached hydrogen (secondary N) is 1. The minimum absolute atomic E-state index is 0.0677. The quantitative estimate of drug-likeness (QED) is 0.754. The lowest BCUT2D eigenvalue weighted by molar-refractivity contribution is -0.0510. The zero-order valence-electron chi connectivity index (χ0n) is 14.6. The predicted octanol–water partition coefficient (Wildman–Crippen LogP) is 3.77. The van der Waals surface area contributed by atoms with E-state index in [-0.39, 0.29) is 30.2 Å². The van der Waals surface area contributed by atoms with Crippen LogP contribution < -0.4 is 4.74 Å². The topological polar surface area (TPSA) is 77.6 Å². The maximum absolute atomic E-state index is 12.4. The van der Waals surface area contributed by atoms with Crippen LogP contribution in [0.3, 0.4) is 0 Å². The molecule has 2 aromatic rings. The number of halogens is 2. The summed E-state index contributed by atoms with van der Waals surface area (Å²) in [6.45, 7) is 1.90. The largest absolute Gasteiger partial charge is 0.462 e. The number of alkyl halides is 2. The van der Waals surface area contributed by atoms with Crippen molar-refractivity contribution >= 4 is 11.9 Å². The predicted molar refractivity (Wildman–Crippen MR) is 88.4 cm³/mol. The maximum atomic E-state index is 12.4. The van der Waals surface area contributed by atoms with Gasteiger partial charge in [0.25, 0.3) is 0 Å². The summed E-state index contributed by atoms with van der Waals surface area (Å²) in [5, 5.41) is 0. The van der Waals surface area contributed by atoms with Crippen LogP contribution in [0.4, 0.5) is 8.78 Å². The van der Waals surface area contributed by atoms with Crippen LogP contribution in [0.1, 0.15) is 44.6 Å². The van der Waals surface area contributed by atoms with Gasteiger partial charge in [0.15, 0.2) is 0 Å². The molecule has 0 fully saturated rings. The fraction of sp³-hybridized carbons (Fsp3) is 0.333. The fourth-order valence-electron chi connectivity index (χ4n) is 2.51. The number of benzene rings is 1. The molecule has 0 radical (unpaired) electrons. The molecule has 0 unspecified atom stereocenters. The molecule has 0 amide bonds. The Labute approximate surface area is 149 Å². The van der Waals surface area contributed by atoms with Crippen molar-refractivity contribution in [2.75, 3.05) is 6.61 Å². The minimum Gasteiger partial charge on any atom is -0.462 e. The molecule has 0 saturated heterocycles. The molecule has 6 nitrogen and oxygen atoms in total. The third-order valence-electron chi connectivity index (χ3n) is 3.67. The van der Waals surface area contributed by atoms with E-state index < -0.39 is 18.6 Å². The number of esters is 2. The number of carbonyl (C=O) groups excluding carboxylic acids is 2. The van der Waals surface area contributed by atoms with E-state index in [0.29, 0.717) is 16.8 Å². The highest BCUT2D eigenvalue weighted by Gasteiger charge is 2.24. The molecular formula is C18H19F2NO5. The van der Waals surface area contributed by atoms with Gasteiger partial charge in [-0.15, -0.1) is 0 Å². The van der Waals surface area contributed by atoms with Crippen LogP contribution in [0.2, 0.25) is 0 Å². The van der Waals surface area contributed by atoms with E-state index in [0.717, 1.165) is 0 Å². The molecule has 140 valence electrons. The summed E-state index contributed by atoms with van der Waals surface area (Å²) in [7, 11) is 0. The van der Waals surface area contributed by atoms with Crippen molar-refractivity contribution in [1.82, 2.24) is 4.98 Å². The minimum atomic E-state index is -2.98. The number of aryl methyl sites for hydroxylation is 1. The van der Waals surface area contributed by atoms with Gasteiger partial charge in [0.1, 0.15) is 18.1 Å². The second-order valence-corrected chi connectivity index (χ2v) is 5.41. The molecule has 1 N–H and O–H groups in total. The second kappa shape index (κ2) is 8.46. The first-order chi connectivity index (χ1) is 12.3. The Bertz CT molecular complexity index is 801. The van der Waals surface area contributed by atoms with Crippen molar-refractivity contribution in [3.8, 4) is 5.75 Å². The normalized spacial score (nSPS) is 10.7. The number of hydrogen-bond acceptors (Lipinski definition) is 5. The Morgan fingerprint density at radius 2 is 1.81 bits per heavy atom. The molecule has 0 spiro atoms. The molecule has 0 aliphatic carbocycles. The van der Waals surface area contributed by atoms with Crippen LogP contribution in [0.15, 0.2) is 24.3 Å². The zero-order chi connectivity index (χ0) is 19.3. The van der Waals surface area contributed by atoms with Gasteiger partial charge in [-0.1, -0.05) is 18.2 Å². The van der Waals surface area contributed by atoms with Gasteiger partial charge in [-0.05, 0) is 32.4 Å². The molecule has 0 aliphatic heterocycles. The van der Waals surface area contributed by atoms with Gasteiger partial charge in [0, 0.05) is 11.3 Å². The molecule has 26 heavy (non-hydrogen) atoms. The molecule has 2 rings (SSSR count). The Balaban J connectivity index is 2.15. The summed E-state index contributed by atoms with van der Waals surface area (Å²) in [6.07, 6.45) is 0. The SMILES string of the molecule is CCOC(=O)c1c(C)[nH]c(C(=O)OCc2ccccc2OC(F)F)c1C. The van der Waals surface area contributed by atoms with Crippen LogP contribution in [0, 0.1) is 13.8 Å². The van der Waals surface area contributed by atoms with Crippen molar-refractivity contribution < 1.29 is 32.6 Å². The Hall–Kier alpha value is -2.90. The maximum Gasteiger partial charge on any atom is 0.387 e. The molecule has 1 aromatic carbocycles. The van der Waals surface area contributed by atoms with E-state index >= 15 is 0 Å². The molecule has 0 aliphatic rings. The first-order valence-electron chi connectivity index (χ1n) is 7.91. The van der Waals surface area contributed by atoms with E-state index in [1.54, 1.807) is 26.8 Å². The Morgan fingerprint density at radius 3 is 2.46 bits per heavy atom. The fourth-order valence-corrected chi connectivity index (χ4v) is 2.51. The van der Waals surface area contributed by atoms with Crippen LogP contribution in [0.5, 0.6) is 5.75 Å². The average Bonchev–Trinajstić information content (AvgIpc) is 2.88. The van der Waals surface area contributed by atoms with Crippen molar-refractivity contribution in [2.45, 2.75) is 34.0 Å². The van der Waals surface area contributed by atoms with Crippen molar-refractivity contribution in [3.05, 3.63) is 52.3 Å². The summed E-state index contributed by atoms with van der Waals surface area (Å²) in [6, 6.07) is 6.03. The number of para-hydroxylation sites is 1. The first-order valence-corrected chi connectivity index (χ1v) is 7.91. The molecular weight excluding hydrogens is 348 g/mol. The molecule has 8 heteroatoms. The highest BCUT2D eigenvalue weighted by atomic mass is 19.3. The van der Waals surface area contributed by atoms with Gasteiger partial charge in [-0.3, -0.25) is 0 Å². The van der Waals surface area contributed by atoms with Crippen LogP contribution in [-0.2, 0) is 16.1 Å². The summed E-state index contributed by atoms with van der Waals surface area (Å²) in [5.41, 5.74) is 1.57. The van der Waals surface area contributed by atoms with E-state index in [4.69, 9.17) is 9.47 Å². The van der Waals surface area contributed by atoms with Gasteiger partial charge in [-0.2, -0.15) is 8.78 Å². The van der Waals surface area contributed by atoms with Gasteiger partial charge in [-0.25, -0.2) is 9.59 Å². The van der Waals surface area contributed by atoms with Gasteiger partial charge in [0.05, 0.1) is 12.2 Å². The van der Waals surface area contributed by atoms with Gasteiger partial charge < -0.3 is 19.2 Å². The van der Waals surface area contributed by atoms with E-state index in [1.165, 1.54) is 18.2 Å². The van der Waals surface area contributed by atoms with E-state index in [2.05, 4.69) is 9.72 Å². The molecule has 0 bridgehead atoms. The van der Waals surface area contributed by atoms with Crippen LogP contribution >= 0.6 is 0 Å². The van der Waals surface area contributed by atoms with Crippen molar-refractivity contribution in [2.24, 2.45) is 0 Å². The Morgan fingerprint density at radius 1 is 1.12 bits per heavy atom. The number of hydrogen-bond donors (Lipinski definition) is 1. The van der Waals surface area contributed by atoms with Gasteiger partial charge >= 0.3 is 18.6 Å². The summed E-state index contributed by atoms with van der Waals surface area (Å²) < 4.78 is 39.4. The second-order valence-electron chi connectivity index (χ2n) is 5.41. The van der Waals surface area contributed by atoms with Crippen molar-refractivity contribution in [1.29, 1.82) is 0 Å². The average molecular weight is 367 g/mol. The van der Waals surface area contributed by atoms with Crippen molar-refractivity contribution in [3.63, 3.8) is 0 Å². The monoisotopic (exact) mass is 367 g/mol. The zero-order valence-corrected chi connectivity index (χ0v) is 14.6. The number of carbonyl (C=O) groups is 2. The number of ether oxygens (including phenoxy) is 3. The molecule has 0 atom stereocenters. The molecule has 1 heterocycles. The van der Waals surface area contributed by atoms with Gasteiger partial charge in [0.2, 0.25) is 0 Å². The highest BCUT2D eigenvalue weighted by molar-refractivity contribution is 5.98. The number of aromatic nitrogens is 1. The van der Waals surface area contributed by atoms with Crippen LogP contribution in [0.25, 0.3) is 0 Å². The van der Waals surface area contributed by atoms with E-state index in [9.17, 15) is 18.4 Å². The number of aromatic amines is 1. The summed E-state index contributed by atoms with van der Waals surface area (Å²) >= 11 is 0. The molecule has 0 saturated carbocycles. The summed E-state index contributed by atoms with van der Waals surface area (Å²) in [4.78, 5) is 27.1.